The lowest BCUT2D eigenvalue weighted by Gasteiger charge is -2.03. The second kappa shape index (κ2) is 4.52. The van der Waals surface area contributed by atoms with E-state index in [1.807, 2.05) is 0 Å². The van der Waals surface area contributed by atoms with Gasteiger partial charge in [-0.25, -0.2) is 14.2 Å². The molecule has 0 bridgehead atoms. The smallest absolute Gasteiger partial charge is 0.362 e. The van der Waals surface area contributed by atoms with Crippen LogP contribution in [0.1, 0.15) is 18.3 Å². The molecule has 7 heteroatoms. The van der Waals surface area contributed by atoms with Gasteiger partial charge in [0.1, 0.15) is 11.9 Å². The summed E-state index contributed by atoms with van der Waals surface area (Å²) in [5.74, 6) is -0.765. The summed E-state index contributed by atoms with van der Waals surface area (Å²) >= 11 is 0. The fourth-order valence-electron chi connectivity index (χ4n) is 1.85. The van der Waals surface area contributed by atoms with Crippen LogP contribution in [0.25, 0.3) is 0 Å². The minimum Gasteiger partial charge on any atom is -0.461 e. The summed E-state index contributed by atoms with van der Waals surface area (Å²) < 4.78 is 19.5. The van der Waals surface area contributed by atoms with Gasteiger partial charge in [0.2, 0.25) is 5.71 Å². The normalized spacial score (nSPS) is 19.2. The number of aromatic nitrogens is 2. The van der Waals surface area contributed by atoms with E-state index in [0.29, 0.717) is 5.69 Å². The zero-order valence-corrected chi connectivity index (χ0v) is 9.26. The van der Waals surface area contributed by atoms with Crippen LogP contribution < -0.4 is 0 Å². The van der Waals surface area contributed by atoms with Crippen LogP contribution >= 0.6 is 0 Å². The Morgan fingerprint density at radius 3 is 3.24 bits per heavy atom. The highest BCUT2D eigenvalue weighted by Crippen LogP contribution is 2.21. The molecule has 17 heavy (non-hydrogen) atoms. The Kier molecular flexibility index (Phi) is 3.08. The van der Waals surface area contributed by atoms with Crippen molar-refractivity contribution < 1.29 is 19.1 Å². The summed E-state index contributed by atoms with van der Waals surface area (Å²) in [6.45, 7) is 2.02. The first-order valence-corrected chi connectivity index (χ1v) is 5.25. The topological polar surface area (TPSA) is 76.7 Å². The van der Waals surface area contributed by atoms with Gasteiger partial charge in [-0.15, -0.1) is 0 Å². The SMILES string of the molecule is CCOC(=O)C(=NO)c1ncn2c1C[C@@H](F)C2. The summed E-state index contributed by atoms with van der Waals surface area (Å²) in [5.41, 5.74) is 0.458. The molecule has 1 aliphatic heterocycles. The van der Waals surface area contributed by atoms with Gasteiger partial charge in [0.25, 0.3) is 0 Å². The van der Waals surface area contributed by atoms with Crippen LogP contribution in [0, 0.1) is 0 Å². The lowest BCUT2D eigenvalue weighted by Crippen LogP contribution is -2.20. The molecule has 0 amide bonds. The number of hydrogen-bond acceptors (Lipinski definition) is 5. The predicted octanol–water partition coefficient (Wildman–Crippen LogP) is 0.519. The molecule has 1 aliphatic rings. The van der Waals surface area contributed by atoms with Crippen LogP contribution in [0.5, 0.6) is 0 Å². The molecule has 1 N–H and O–H groups in total. The van der Waals surface area contributed by atoms with E-state index in [-0.39, 0.29) is 31.0 Å². The van der Waals surface area contributed by atoms with Gasteiger partial charge in [-0.1, -0.05) is 5.16 Å². The molecule has 0 unspecified atom stereocenters. The molecular formula is C10H12FN3O3. The number of carbonyl (C=O) groups is 1. The standard InChI is InChI=1S/C10H12FN3O3/c1-2-17-10(15)9(13-16)8-7-3-6(11)4-14(7)5-12-8/h5-6,16H,2-4H2,1H3/t6-/m1/s1. The number of fused-ring (bicyclic) bond motifs is 1. The first-order valence-electron chi connectivity index (χ1n) is 5.25. The third kappa shape index (κ3) is 2.00. The summed E-state index contributed by atoms with van der Waals surface area (Å²) in [7, 11) is 0. The number of carbonyl (C=O) groups excluding carboxylic acids is 1. The van der Waals surface area contributed by atoms with Crippen molar-refractivity contribution in [3.63, 3.8) is 0 Å². The molecule has 0 saturated carbocycles. The Labute approximate surface area is 96.7 Å². The van der Waals surface area contributed by atoms with E-state index in [0.717, 1.165) is 0 Å². The van der Waals surface area contributed by atoms with Crippen molar-refractivity contribution in [3.05, 3.63) is 17.7 Å². The summed E-state index contributed by atoms with van der Waals surface area (Å²) in [4.78, 5) is 15.4. The highest BCUT2D eigenvalue weighted by atomic mass is 19.1. The summed E-state index contributed by atoms with van der Waals surface area (Å²) in [6.07, 6.45) is 0.594. The van der Waals surface area contributed by atoms with Crippen molar-refractivity contribution >= 4 is 11.7 Å². The van der Waals surface area contributed by atoms with Crippen molar-refractivity contribution in [1.29, 1.82) is 0 Å². The maximum Gasteiger partial charge on any atom is 0.362 e. The fraction of sp³-hybridized carbons (Fsp3) is 0.500. The molecule has 2 heterocycles. The van der Waals surface area contributed by atoms with E-state index in [2.05, 4.69) is 10.1 Å². The van der Waals surface area contributed by atoms with Crippen molar-refractivity contribution in [2.45, 2.75) is 26.1 Å². The number of alkyl halides is 1. The minimum absolute atomic E-state index is 0.160. The molecule has 0 radical (unpaired) electrons. The van der Waals surface area contributed by atoms with Crippen molar-refractivity contribution in [2.24, 2.45) is 5.16 Å². The number of imidazole rings is 1. The van der Waals surface area contributed by atoms with E-state index in [9.17, 15) is 9.18 Å². The van der Waals surface area contributed by atoms with Crippen LogP contribution in [0.4, 0.5) is 4.39 Å². The minimum atomic E-state index is -0.992. The molecule has 92 valence electrons. The first-order chi connectivity index (χ1) is 8.17. The number of oxime groups is 1. The van der Waals surface area contributed by atoms with E-state index in [4.69, 9.17) is 9.94 Å². The van der Waals surface area contributed by atoms with E-state index < -0.39 is 12.1 Å². The van der Waals surface area contributed by atoms with E-state index in [1.165, 1.54) is 6.33 Å². The Morgan fingerprint density at radius 1 is 1.82 bits per heavy atom. The number of hydrogen-bond donors (Lipinski definition) is 1. The van der Waals surface area contributed by atoms with E-state index in [1.54, 1.807) is 11.5 Å². The van der Waals surface area contributed by atoms with Crippen molar-refractivity contribution in [2.75, 3.05) is 6.61 Å². The molecule has 1 aromatic rings. The second-order valence-electron chi connectivity index (χ2n) is 3.66. The highest BCUT2D eigenvalue weighted by molar-refractivity contribution is 6.42. The Morgan fingerprint density at radius 2 is 2.59 bits per heavy atom. The number of esters is 1. The Balaban J connectivity index is 2.31. The van der Waals surface area contributed by atoms with Gasteiger partial charge in [0, 0.05) is 6.42 Å². The lowest BCUT2D eigenvalue weighted by atomic mass is 10.1. The average Bonchev–Trinajstić information content (AvgIpc) is 2.80. The molecule has 6 nitrogen and oxygen atoms in total. The summed E-state index contributed by atoms with van der Waals surface area (Å²) in [5, 5.41) is 11.7. The zero-order chi connectivity index (χ0) is 12.4. The van der Waals surface area contributed by atoms with Crippen molar-refractivity contribution in [1.82, 2.24) is 9.55 Å². The average molecular weight is 241 g/mol. The highest BCUT2D eigenvalue weighted by Gasteiger charge is 2.30. The predicted molar refractivity (Wildman–Crippen MR) is 55.8 cm³/mol. The molecule has 0 fully saturated rings. The number of halogens is 1. The van der Waals surface area contributed by atoms with Crippen molar-refractivity contribution in [3.8, 4) is 0 Å². The number of nitrogens with zero attached hydrogens (tertiary/aromatic N) is 3. The van der Waals surface area contributed by atoms with Gasteiger partial charge in [0.05, 0.1) is 25.2 Å². The van der Waals surface area contributed by atoms with Crippen LogP contribution in [-0.4, -0.2) is 39.2 Å². The largest absolute Gasteiger partial charge is 0.461 e. The van der Waals surface area contributed by atoms with E-state index >= 15 is 0 Å². The van der Waals surface area contributed by atoms with Gasteiger partial charge < -0.3 is 14.5 Å². The van der Waals surface area contributed by atoms with Gasteiger partial charge in [-0.3, -0.25) is 0 Å². The van der Waals surface area contributed by atoms with Crippen LogP contribution in [0.3, 0.4) is 0 Å². The second-order valence-corrected chi connectivity index (χ2v) is 3.66. The zero-order valence-electron chi connectivity index (χ0n) is 9.26. The van der Waals surface area contributed by atoms with Gasteiger partial charge in [-0.2, -0.15) is 0 Å². The van der Waals surface area contributed by atoms with Crippen LogP contribution in [-0.2, 0) is 22.5 Å². The monoisotopic (exact) mass is 241 g/mol. The lowest BCUT2D eigenvalue weighted by molar-refractivity contribution is -0.135. The van der Waals surface area contributed by atoms with Crippen LogP contribution in [0.2, 0.25) is 0 Å². The molecular weight excluding hydrogens is 229 g/mol. The Hall–Kier alpha value is -1.92. The molecule has 0 aliphatic carbocycles. The summed E-state index contributed by atoms with van der Waals surface area (Å²) in [6, 6.07) is 0. The number of ether oxygens (including phenoxy) is 1. The number of rotatable bonds is 3. The maximum absolute atomic E-state index is 13.2. The maximum atomic E-state index is 13.2. The van der Waals surface area contributed by atoms with Gasteiger partial charge in [-0.05, 0) is 6.92 Å². The van der Waals surface area contributed by atoms with Crippen LogP contribution in [0.15, 0.2) is 11.5 Å². The van der Waals surface area contributed by atoms with Gasteiger partial charge in [0.15, 0.2) is 0 Å². The quantitative estimate of drug-likeness (QED) is 0.362. The first kappa shape index (κ1) is 11.6. The Bertz CT molecular complexity index is 469. The third-order valence-corrected chi connectivity index (χ3v) is 2.55. The molecule has 1 atom stereocenters. The van der Waals surface area contributed by atoms with Gasteiger partial charge >= 0.3 is 5.97 Å². The molecule has 0 saturated heterocycles. The molecule has 1 aromatic heterocycles. The molecule has 0 aromatic carbocycles. The third-order valence-electron chi connectivity index (χ3n) is 2.55. The molecule has 2 rings (SSSR count). The molecule has 0 spiro atoms. The fourth-order valence-corrected chi connectivity index (χ4v) is 1.85.